The molecule has 0 radical (unpaired) electrons. The number of alkyl halides is 3. The van der Waals surface area contributed by atoms with Gasteiger partial charge in [-0.2, -0.15) is 13.2 Å². The summed E-state index contributed by atoms with van der Waals surface area (Å²) in [6.07, 6.45) is -3.26. The maximum Gasteiger partial charge on any atom is 0.433 e. The van der Waals surface area contributed by atoms with Gasteiger partial charge in [0.05, 0.1) is 35.9 Å². The fraction of sp³-hybridized carbons (Fsp3) is 0.0952. The van der Waals surface area contributed by atoms with Crippen LogP contribution in [-0.4, -0.2) is 21.6 Å². The number of nitrogen functional groups attached to an aromatic ring is 1. The summed E-state index contributed by atoms with van der Waals surface area (Å²) in [4.78, 5) is 21.4. The van der Waals surface area contributed by atoms with Gasteiger partial charge in [-0.1, -0.05) is 15.9 Å². The van der Waals surface area contributed by atoms with Gasteiger partial charge >= 0.3 is 6.18 Å². The van der Waals surface area contributed by atoms with Gasteiger partial charge in [-0.3, -0.25) is 14.3 Å². The Labute approximate surface area is 182 Å². The van der Waals surface area contributed by atoms with Crippen molar-refractivity contribution in [3.63, 3.8) is 0 Å². The molecule has 2 N–H and O–H groups in total. The Morgan fingerprint density at radius 1 is 1.06 bits per heavy atom. The van der Waals surface area contributed by atoms with Gasteiger partial charge in [-0.05, 0) is 48.5 Å². The third kappa shape index (κ3) is 3.74. The van der Waals surface area contributed by atoms with Crippen molar-refractivity contribution >= 4 is 32.7 Å². The molecule has 4 aromatic rings. The Morgan fingerprint density at radius 3 is 2.35 bits per heavy atom. The van der Waals surface area contributed by atoms with Gasteiger partial charge in [0.25, 0.3) is 5.56 Å². The van der Waals surface area contributed by atoms with Gasteiger partial charge in [0.1, 0.15) is 17.1 Å². The average Bonchev–Trinajstić information content (AvgIpc) is 2.74. The molecule has 0 saturated carbocycles. The minimum atomic E-state index is -4.68. The second-order valence-electron chi connectivity index (χ2n) is 6.55. The first kappa shape index (κ1) is 20.9. The lowest BCUT2D eigenvalue weighted by Crippen LogP contribution is -2.24. The molecule has 0 aliphatic heterocycles. The molecule has 0 spiro atoms. The van der Waals surface area contributed by atoms with Crippen molar-refractivity contribution in [2.45, 2.75) is 6.18 Å². The number of pyridine rings is 3. The van der Waals surface area contributed by atoms with Crippen molar-refractivity contribution in [2.75, 3.05) is 12.8 Å². The van der Waals surface area contributed by atoms with Gasteiger partial charge in [0, 0.05) is 9.86 Å². The smallest absolute Gasteiger partial charge is 0.433 e. The molecule has 0 fully saturated rings. The first-order valence-corrected chi connectivity index (χ1v) is 9.69. The third-order valence-corrected chi connectivity index (χ3v) is 5.20. The lowest BCUT2D eigenvalue weighted by atomic mass is 10.1. The van der Waals surface area contributed by atoms with Crippen molar-refractivity contribution in [1.29, 1.82) is 0 Å². The van der Waals surface area contributed by atoms with Crippen LogP contribution in [0.25, 0.3) is 28.0 Å². The Hall–Kier alpha value is -3.40. The highest BCUT2D eigenvalue weighted by Gasteiger charge is 2.33. The number of aromatic nitrogens is 3. The normalized spacial score (nSPS) is 11.6. The number of halogens is 4. The summed E-state index contributed by atoms with van der Waals surface area (Å²) in [5.74, 6) is 0.479. The summed E-state index contributed by atoms with van der Waals surface area (Å²) in [5, 5.41) is 0.197. The van der Waals surface area contributed by atoms with E-state index in [-0.39, 0.29) is 28.0 Å². The number of hydrogen-bond donors (Lipinski definition) is 1. The van der Waals surface area contributed by atoms with E-state index in [4.69, 9.17) is 10.5 Å². The lowest BCUT2D eigenvalue weighted by Gasteiger charge is -2.16. The van der Waals surface area contributed by atoms with E-state index in [1.807, 2.05) is 0 Å². The molecule has 0 bridgehead atoms. The molecule has 158 valence electrons. The van der Waals surface area contributed by atoms with Crippen LogP contribution in [0.3, 0.4) is 0 Å². The maximum absolute atomic E-state index is 13.5. The minimum absolute atomic E-state index is 0.00717. The van der Waals surface area contributed by atoms with Crippen molar-refractivity contribution in [3.05, 3.63) is 75.2 Å². The molecule has 0 atom stereocenters. The molecule has 10 heteroatoms. The van der Waals surface area contributed by atoms with Crippen LogP contribution in [0.5, 0.6) is 5.75 Å². The molecule has 0 aliphatic carbocycles. The van der Waals surface area contributed by atoms with Gasteiger partial charge in [0.15, 0.2) is 0 Å². The molecule has 6 nitrogen and oxygen atoms in total. The summed E-state index contributed by atoms with van der Waals surface area (Å²) in [7, 11) is 1.48. The quantitative estimate of drug-likeness (QED) is 0.445. The van der Waals surface area contributed by atoms with Gasteiger partial charge in [-0.25, -0.2) is 4.98 Å². The Kier molecular flexibility index (Phi) is 5.18. The highest BCUT2D eigenvalue weighted by molar-refractivity contribution is 9.10. The van der Waals surface area contributed by atoms with Gasteiger partial charge in [-0.15, -0.1) is 0 Å². The largest absolute Gasteiger partial charge is 0.495 e. The zero-order chi connectivity index (χ0) is 22.3. The number of benzene rings is 1. The molecule has 0 aliphatic rings. The van der Waals surface area contributed by atoms with Crippen LogP contribution in [0.15, 0.2) is 64.0 Å². The van der Waals surface area contributed by atoms with E-state index >= 15 is 0 Å². The molecule has 4 rings (SSSR count). The van der Waals surface area contributed by atoms with E-state index in [9.17, 15) is 18.0 Å². The molecular formula is C21H14BrF3N4O2. The number of methoxy groups -OCH3 is 1. The number of ether oxygens (including phenoxy) is 1. The lowest BCUT2D eigenvalue weighted by molar-refractivity contribution is -0.141. The topological polar surface area (TPSA) is 83.0 Å². The van der Waals surface area contributed by atoms with E-state index in [0.29, 0.717) is 11.4 Å². The van der Waals surface area contributed by atoms with Crippen molar-refractivity contribution < 1.29 is 17.9 Å². The van der Waals surface area contributed by atoms with Crippen LogP contribution in [-0.2, 0) is 6.18 Å². The molecule has 31 heavy (non-hydrogen) atoms. The maximum atomic E-state index is 13.5. The second kappa shape index (κ2) is 7.69. The molecule has 3 aromatic heterocycles. The number of nitrogens with two attached hydrogens (primary N) is 1. The summed E-state index contributed by atoms with van der Waals surface area (Å²) in [6.45, 7) is 0. The van der Waals surface area contributed by atoms with Crippen LogP contribution in [0, 0.1) is 0 Å². The van der Waals surface area contributed by atoms with Crippen molar-refractivity contribution in [2.24, 2.45) is 0 Å². The Morgan fingerprint density at radius 2 is 1.77 bits per heavy atom. The molecule has 3 heterocycles. The number of nitrogens with zero attached hydrogens (tertiary/aromatic N) is 3. The molecule has 0 amide bonds. The Bertz CT molecular complexity index is 1330. The highest BCUT2D eigenvalue weighted by atomic mass is 79.9. The third-order valence-electron chi connectivity index (χ3n) is 4.67. The van der Waals surface area contributed by atoms with Crippen LogP contribution in [0.4, 0.5) is 18.9 Å². The molecule has 1 aromatic carbocycles. The van der Waals surface area contributed by atoms with E-state index in [1.165, 1.54) is 19.4 Å². The Balaban J connectivity index is 2.11. The average molecular weight is 491 g/mol. The SMILES string of the molecule is COc1ccc(-c2c(N)c3ccc(C(F)(F)F)nc3n(-c3ccc(Br)cc3)c2=O)nc1. The number of anilines is 1. The summed E-state index contributed by atoms with van der Waals surface area (Å²) < 4.78 is 46.9. The van der Waals surface area contributed by atoms with Crippen LogP contribution < -0.4 is 16.0 Å². The summed E-state index contributed by atoms with van der Waals surface area (Å²) in [6, 6.07) is 11.7. The van der Waals surface area contributed by atoms with Crippen molar-refractivity contribution in [1.82, 2.24) is 14.5 Å². The highest BCUT2D eigenvalue weighted by Crippen LogP contribution is 2.33. The first-order chi connectivity index (χ1) is 14.7. The standard InChI is InChI=1S/C21H14BrF3N4O2/c1-31-13-6-8-15(27-10-13)17-18(26)14-7-9-16(21(23,24)25)28-19(14)29(20(17)30)12-4-2-11(22)3-5-12/h2-10H,26H2,1H3. The number of fused-ring (bicyclic) bond motifs is 1. The number of rotatable bonds is 3. The monoisotopic (exact) mass is 490 g/mol. The molecule has 0 saturated heterocycles. The first-order valence-electron chi connectivity index (χ1n) is 8.89. The zero-order valence-electron chi connectivity index (χ0n) is 15.9. The fourth-order valence-electron chi connectivity index (χ4n) is 3.17. The predicted molar refractivity (Wildman–Crippen MR) is 114 cm³/mol. The van der Waals surface area contributed by atoms with Crippen LogP contribution in [0.1, 0.15) is 5.69 Å². The fourth-order valence-corrected chi connectivity index (χ4v) is 3.44. The molecular weight excluding hydrogens is 477 g/mol. The second-order valence-corrected chi connectivity index (χ2v) is 7.47. The van der Waals surface area contributed by atoms with E-state index < -0.39 is 17.4 Å². The summed E-state index contributed by atoms with van der Waals surface area (Å²) in [5.41, 5.74) is 4.92. The van der Waals surface area contributed by atoms with E-state index in [0.717, 1.165) is 15.1 Å². The number of hydrogen-bond acceptors (Lipinski definition) is 5. The van der Waals surface area contributed by atoms with Gasteiger partial charge in [0.2, 0.25) is 0 Å². The molecule has 0 unspecified atom stereocenters. The summed E-state index contributed by atoms with van der Waals surface area (Å²) >= 11 is 3.31. The minimum Gasteiger partial charge on any atom is -0.495 e. The van der Waals surface area contributed by atoms with Crippen LogP contribution in [0.2, 0.25) is 0 Å². The zero-order valence-corrected chi connectivity index (χ0v) is 17.5. The van der Waals surface area contributed by atoms with E-state index in [1.54, 1.807) is 36.4 Å². The van der Waals surface area contributed by atoms with Crippen LogP contribution >= 0.6 is 15.9 Å². The van der Waals surface area contributed by atoms with Crippen molar-refractivity contribution in [3.8, 4) is 22.7 Å². The van der Waals surface area contributed by atoms with Gasteiger partial charge < -0.3 is 10.5 Å². The van der Waals surface area contributed by atoms with E-state index in [2.05, 4.69) is 25.9 Å². The predicted octanol–water partition coefficient (Wildman–Crippen LogP) is 4.82.